The first-order valence-electron chi connectivity index (χ1n) is 12.0. The molecule has 2 aromatic carbocycles. The minimum atomic E-state index is -0.603. The largest absolute Gasteiger partial charge is 0.453 e. The average molecular weight is 491 g/mol. The second-order valence-corrected chi connectivity index (χ2v) is 8.82. The molecule has 8 heteroatoms. The lowest BCUT2D eigenvalue weighted by molar-refractivity contribution is 0.0700. The molecule has 1 amide bonds. The second-order valence-electron chi connectivity index (χ2n) is 8.82. The first kappa shape index (κ1) is 22.6. The number of nitrogens with one attached hydrogen (secondary N) is 1. The van der Waals surface area contributed by atoms with Gasteiger partial charge in [0.15, 0.2) is 5.75 Å². The zero-order valence-electron chi connectivity index (χ0n) is 20.0. The number of para-hydroxylation sites is 2. The van der Waals surface area contributed by atoms with E-state index >= 15 is 0 Å². The van der Waals surface area contributed by atoms with E-state index in [0.717, 1.165) is 28.3 Å². The van der Waals surface area contributed by atoms with Crippen LogP contribution >= 0.6 is 0 Å². The van der Waals surface area contributed by atoms with E-state index in [1.807, 2.05) is 54.6 Å². The fourth-order valence-electron chi connectivity index (χ4n) is 4.65. The van der Waals surface area contributed by atoms with Crippen LogP contribution in [-0.2, 0) is 6.42 Å². The maximum absolute atomic E-state index is 13.1. The second kappa shape index (κ2) is 9.31. The zero-order valence-corrected chi connectivity index (χ0v) is 20.0. The number of amides is 1. The number of benzene rings is 2. The molecule has 5 aromatic rings. The Morgan fingerprint density at radius 3 is 2.73 bits per heavy atom. The number of fused-ring (bicyclic) bond motifs is 3. The van der Waals surface area contributed by atoms with Gasteiger partial charge in [-0.25, -0.2) is 15.2 Å². The Labute approximate surface area is 212 Å². The summed E-state index contributed by atoms with van der Waals surface area (Å²) in [5, 5.41) is 6.22. The summed E-state index contributed by atoms with van der Waals surface area (Å²) < 4.78 is 11.6. The van der Waals surface area contributed by atoms with Gasteiger partial charge in [0.05, 0.1) is 11.2 Å². The van der Waals surface area contributed by atoms with Crippen LogP contribution in [0.2, 0.25) is 0 Å². The van der Waals surface area contributed by atoms with Gasteiger partial charge >= 0.3 is 5.97 Å². The molecular formula is C29H22N4O4. The summed E-state index contributed by atoms with van der Waals surface area (Å²) in [5.74, 6) is 0.128. The van der Waals surface area contributed by atoms with Crippen molar-refractivity contribution >= 4 is 39.4 Å². The highest BCUT2D eigenvalue weighted by Crippen LogP contribution is 2.31. The van der Waals surface area contributed by atoms with E-state index in [1.165, 1.54) is 0 Å². The molecule has 1 N–H and O–H groups in total. The van der Waals surface area contributed by atoms with Crippen molar-refractivity contribution in [3.8, 4) is 5.75 Å². The summed E-state index contributed by atoms with van der Waals surface area (Å²) >= 11 is 0. The van der Waals surface area contributed by atoms with Crippen molar-refractivity contribution in [2.24, 2.45) is 5.10 Å². The number of hydrazone groups is 1. The molecule has 0 atom stereocenters. The average Bonchev–Trinajstić information content (AvgIpc) is 3.28. The number of esters is 1. The van der Waals surface area contributed by atoms with Crippen LogP contribution in [-0.4, -0.2) is 27.6 Å². The highest BCUT2D eigenvalue weighted by molar-refractivity contribution is 6.07. The SMILES string of the molecule is Cc1c(C(=O)Oc2cccc3cccnc23)oc2c1/C(=N/NC(=O)c1ccc3ccccc3n1)CCC2. The molecule has 0 radical (unpaired) electrons. The number of rotatable bonds is 4. The molecule has 0 spiro atoms. The van der Waals surface area contributed by atoms with Crippen LogP contribution < -0.4 is 10.2 Å². The summed E-state index contributed by atoms with van der Waals surface area (Å²) in [6.07, 6.45) is 3.74. The number of ether oxygens (including phenoxy) is 1. The van der Waals surface area contributed by atoms with Crippen molar-refractivity contribution in [1.82, 2.24) is 15.4 Å². The summed E-state index contributed by atoms with van der Waals surface area (Å²) in [6.45, 7) is 1.80. The van der Waals surface area contributed by atoms with Crippen molar-refractivity contribution in [3.63, 3.8) is 0 Å². The van der Waals surface area contributed by atoms with E-state index in [2.05, 4.69) is 20.5 Å². The monoisotopic (exact) mass is 490 g/mol. The molecule has 6 rings (SSSR count). The summed E-state index contributed by atoms with van der Waals surface area (Å²) in [7, 11) is 0. The summed E-state index contributed by atoms with van der Waals surface area (Å²) in [5.41, 5.74) is 6.25. The van der Waals surface area contributed by atoms with E-state index in [0.29, 0.717) is 41.1 Å². The molecule has 1 aliphatic carbocycles. The van der Waals surface area contributed by atoms with Crippen LogP contribution in [0.3, 0.4) is 0 Å². The Kier molecular flexibility index (Phi) is 5.69. The highest BCUT2D eigenvalue weighted by Gasteiger charge is 2.29. The predicted octanol–water partition coefficient (Wildman–Crippen LogP) is 5.37. The van der Waals surface area contributed by atoms with Crippen molar-refractivity contribution < 1.29 is 18.7 Å². The molecule has 0 aliphatic heterocycles. The fourth-order valence-corrected chi connectivity index (χ4v) is 4.65. The van der Waals surface area contributed by atoms with Gasteiger partial charge in [0, 0.05) is 34.5 Å². The van der Waals surface area contributed by atoms with Crippen LogP contribution in [0.1, 0.15) is 50.8 Å². The number of carbonyl (C=O) groups is 2. The zero-order chi connectivity index (χ0) is 25.4. The van der Waals surface area contributed by atoms with Gasteiger partial charge in [-0.3, -0.25) is 9.78 Å². The normalized spacial score (nSPS) is 14.0. The Bertz CT molecular complexity index is 1720. The van der Waals surface area contributed by atoms with Crippen molar-refractivity contribution in [2.45, 2.75) is 26.2 Å². The van der Waals surface area contributed by atoms with Crippen LogP contribution in [0.5, 0.6) is 5.75 Å². The van der Waals surface area contributed by atoms with E-state index in [1.54, 1.807) is 25.3 Å². The standard InChI is InChI=1S/C29H22N4O4/c1-17-25-21(32-33-28(34)22-15-14-18-7-2-3-10-20(18)31-22)11-5-12-23(25)36-27(17)29(35)37-24-13-4-8-19-9-6-16-30-26(19)24/h2-4,6-10,13-16H,5,11-12H2,1H3,(H,33,34)/b32-21+. The van der Waals surface area contributed by atoms with Crippen molar-refractivity contribution in [3.05, 3.63) is 101 Å². The molecule has 3 heterocycles. The predicted molar refractivity (Wildman–Crippen MR) is 139 cm³/mol. The Morgan fingerprint density at radius 1 is 0.973 bits per heavy atom. The maximum Gasteiger partial charge on any atom is 0.380 e. The van der Waals surface area contributed by atoms with E-state index in [4.69, 9.17) is 9.15 Å². The third kappa shape index (κ3) is 4.23. The molecule has 0 fully saturated rings. The first-order chi connectivity index (χ1) is 18.1. The molecule has 0 unspecified atom stereocenters. The van der Waals surface area contributed by atoms with Gasteiger partial charge in [-0.1, -0.05) is 42.5 Å². The number of nitrogens with zero attached hydrogens (tertiary/aromatic N) is 3. The molecule has 0 saturated carbocycles. The van der Waals surface area contributed by atoms with Gasteiger partial charge in [0.2, 0.25) is 5.76 Å². The molecule has 0 saturated heterocycles. The Hall–Kier alpha value is -4.85. The van der Waals surface area contributed by atoms with Gasteiger partial charge in [-0.2, -0.15) is 5.10 Å². The van der Waals surface area contributed by atoms with Gasteiger partial charge in [0.1, 0.15) is 17.0 Å². The van der Waals surface area contributed by atoms with Gasteiger partial charge < -0.3 is 9.15 Å². The van der Waals surface area contributed by atoms with Crippen molar-refractivity contribution in [2.75, 3.05) is 0 Å². The van der Waals surface area contributed by atoms with Gasteiger partial charge in [-0.05, 0) is 44.0 Å². The number of furan rings is 1. The first-order valence-corrected chi connectivity index (χ1v) is 12.0. The number of carbonyl (C=O) groups excluding carboxylic acids is 2. The van der Waals surface area contributed by atoms with Crippen molar-refractivity contribution in [1.29, 1.82) is 0 Å². The summed E-state index contributed by atoms with van der Waals surface area (Å²) in [6, 6.07) is 20.3. The third-order valence-corrected chi connectivity index (χ3v) is 6.43. The maximum atomic E-state index is 13.1. The van der Waals surface area contributed by atoms with Crippen LogP contribution in [0.25, 0.3) is 21.8 Å². The lowest BCUT2D eigenvalue weighted by atomic mass is 9.93. The van der Waals surface area contributed by atoms with Crippen LogP contribution in [0, 0.1) is 6.92 Å². The molecular weight excluding hydrogens is 468 g/mol. The van der Waals surface area contributed by atoms with E-state index in [-0.39, 0.29) is 11.5 Å². The minimum absolute atomic E-state index is 0.120. The third-order valence-electron chi connectivity index (χ3n) is 6.43. The number of aromatic nitrogens is 2. The van der Waals surface area contributed by atoms with Gasteiger partial charge in [0.25, 0.3) is 5.91 Å². The van der Waals surface area contributed by atoms with Crippen LogP contribution in [0.15, 0.2) is 82.4 Å². The molecule has 182 valence electrons. The quantitative estimate of drug-likeness (QED) is 0.206. The lowest BCUT2D eigenvalue weighted by Crippen LogP contribution is -2.23. The molecule has 37 heavy (non-hydrogen) atoms. The Balaban J connectivity index is 1.26. The number of hydrogen-bond acceptors (Lipinski definition) is 7. The highest BCUT2D eigenvalue weighted by atomic mass is 16.5. The molecule has 1 aliphatic rings. The van der Waals surface area contributed by atoms with Gasteiger partial charge in [-0.15, -0.1) is 0 Å². The number of aryl methyl sites for hydroxylation is 1. The molecule has 0 bridgehead atoms. The minimum Gasteiger partial charge on any atom is -0.453 e. The molecule has 8 nitrogen and oxygen atoms in total. The Morgan fingerprint density at radius 2 is 1.81 bits per heavy atom. The molecule has 3 aromatic heterocycles. The lowest BCUT2D eigenvalue weighted by Gasteiger charge is -2.13. The van der Waals surface area contributed by atoms with E-state index in [9.17, 15) is 9.59 Å². The topological polar surface area (TPSA) is 107 Å². The summed E-state index contributed by atoms with van der Waals surface area (Å²) in [4.78, 5) is 34.6. The smallest absolute Gasteiger partial charge is 0.380 e. The number of hydrogen-bond donors (Lipinski definition) is 1. The van der Waals surface area contributed by atoms with E-state index < -0.39 is 11.9 Å². The van der Waals surface area contributed by atoms with Crippen LogP contribution in [0.4, 0.5) is 0 Å². The number of pyridine rings is 2. The fraction of sp³-hybridized carbons (Fsp3) is 0.138.